The number of nitrogens with one attached hydrogen (secondary N) is 1. The highest BCUT2D eigenvalue weighted by molar-refractivity contribution is 5.87. The fourth-order valence-electron chi connectivity index (χ4n) is 3.50. The van der Waals surface area contributed by atoms with E-state index in [9.17, 15) is 8.78 Å². The van der Waals surface area contributed by atoms with Crippen LogP contribution in [0.1, 0.15) is 16.7 Å². The maximum atomic E-state index is 14.0. The van der Waals surface area contributed by atoms with Crippen molar-refractivity contribution < 1.29 is 13.5 Å². The van der Waals surface area contributed by atoms with Crippen molar-refractivity contribution in [2.75, 3.05) is 6.54 Å². The number of halogens is 3. The zero-order valence-corrected chi connectivity index (χ0v) is 17.8. The summed E-state index contributed by atoms with van der Waals surface area (Å²) in [7, 11) is 0. The molecule has 4 rings (SSSR count). The van der Waals surface area contributed by atoms with Gasteiger partial charge in [-0.2, -0.15) is 0 Å². The molecule has 0 aliphatic carbocycles. The van der Waals surface area contributed by atoms with E-state index in [4.69, 9.17) is 4.74 Å². The predicted molar refractivity (Wildman–Crippen MR) is 124 cm³/mol. The zero-order valence-electron chi connectivity index (χ0n) is 17.0. The van der Waals surface area contributed by atoms with Gasteiger partial charge < -0.3 is 10.1 Å². The summed E-state index contributed by atoms with van der Waals surface area (Å²) in [4.78, 5) is 0. The highest BCUT2D eigenvalue weighted by Gasteiger charge is 2.10. The van der Waals surface area contributed by atoms with Gasteiger partial charge in [0.1, 0.15) is 24.0 Å². The second-order valence-electron chi connectivity index (χ2n) is 7.20. The minimum atomic E-state index is -0.266. The Morgan fingerprint density at radius 2 is 1.52 bits per heavy atom. The largest absolute Gasteiger partial charge is 0.488 e. The van der Waals surface area contributed by atoms with E-state index in [2.05, 4.69) is 17.4 Å². The van der Waals surface area contributed by atoms with Crippen LogP contribution in [0.15, 0.2) is 84.9 Å². The number of hydrogen-bond donors (Lipinski definition) is 1. The third-order valence-corrected chi connectivity index (χ3v) is 5.14. The van der Waals surface area contributed by atoms with Gasteiger partial charge in [-0.1, -0.05) is 60.7 Å². The Kier molecular flexibility index (Phi) is 7.99. The molecule has 0 saturated heterocycles. The Morgan fingerprint density at radius 3 is 2.32 bits per heavy atom. The molecule has 0 saturated carbocycles. The van der Waals surface area contributed by atoms with E-state index in [0.717, 1.165) is 40.6 Å². The SMILES string of the molecule is Cl.Fc1ccc(CCNCc2c(OCc3ccccc3F)ccc3ccccc23)cc1. The van der Waals surface area contributed by atoms with Crippen LogP contribution >= 0.6 is 12.4 Å². The highest BCUT2D eigenvalue weighted by atomic mass is 35.5. The molecule has 2 nitrogen and oxygen atoms in total. The van der Waals surface area contributed by atoms with Gasteiger partial charge in [-0.15, -0.1) is 12.4 Å². The minimum Gasteiger partial charge on any atom is -0.488 e. The standard InChI is InChI=1S/C26H23F2NO.ClH/c27-22-12-9-19(10-13-22)15-16-29-17-24-23-7-3-1-5-20(23)11-14-26(24)30-18-21-6-2-4-8-25(21)28;/h1-14,29H,15-18H2;1H. The van der Waals surface area contributed by atoms with E-state index in [1.54, 1.807) is 30.3 Å². The second-order valence-corrected chi connectivity index (χ2v) is 7.20. The molecular weight excluding hydrogens is 416 g/mol. The van der Waals surface area contributed by atoms with Crippen LogP contribution in [0.4, 0.5) is 8.78 Å². The first-order chi connectivity index (χ1) is 14.7. The first kappa shape index (κ1) is 22.7. The summed E-state index contributed by atoms with van der Waals surface area (Å²) < 4.78 is 33.0. The van der Waals surface area contributed by atoms with E-state index in [0.29, 0.717) is 12.1 Å². The molecular formula is C26H24ClF2NO. The molecule has 0 unspecified atom stereocenters. The molecule has 0 spiro atoms. The summed E-state index contributed by atoms with van der Waals surface area (Å²) in [6.45, 7) is 1.55. The Balaban J connectivity index is 0.00000272. The summed E-state index contributed by atoms with van der Waals surface area (Å²) in [5.74, 6) is 0.252. The second kappa shape index (κ2) is 10.9. The molecule has 4 aromatic carbocycles. The van der Waals surface area contributed by atoms with Gasteiger partial charge in [0.05, 0.1) is 0 Å². The van der Waals surface area contributed by atoms with Crippen LogP contribution in [0.25, 0.3) is 10.8 Å². The van der Waals surface area contributed by atoms with Crippen LogP contribution in [0, 0.1) is 11.6 Å². The molecule has 0 aromatic heterocycles. The van der Waals surface area contributed by atoms with Gasteiger partial charge in [0, 0.05) is 17.7 Å². The number of benzene rings is 4. The topological polar surface area (TPSA) is 21.3 Å². The van der Waals surface area contributed by atoms with Gasteiger partial charge in [-0.05, 0) is 53.6 Å². The molecule has 0 bridgehead atoms. The van der Waals surface area contributed by atoms with Crippen molar-refractivity contribution in [2.24, 2.45) is 0 Å². The predicted octanol–water partition coefficient (Wildman–Crippen LogP) is 6.45. The van der Waals surface area contributed by atoms with Gasteiger partial charge in [-0.25, -0.2) is 8.78 Å². The minimum absolute atomic E-state index is 0. The van der Waals surface area contributed by atoms with Crippen LogP contribution in [0.3, 0.4) is 0 Å². The molecule has 1 N–H and O–H groups in total. The number of ether oxygens (including phenoxy) is 1. The molecule has 160 valence electrons. The Labute approximate surface area is 187 Å². The van der Waals surface area contributed by atoms with E-state index in [-0.39, 0.29) is 30.6 Å². The summed E-state index contributed by atoms with van der Waals surface area (Å²) in [6, 6.07) is 25.3. The van der Waals surface area contributed by atoms with Crippen molar-refractivity contribution in [3.63, 3.8) is 0 Å². The number of fused-ring (bicyclic) bond motifs is 1. The molecule has 0 radical (unpaired) electrons. The van der Waals surface area contributed by atoms with Gasteiger partial charge in [0.2, 0.25) is 0 Å². The first-order valence-corrected chi connectivity index (χ1v) is 10.0. The smallest absolute Gasteiger partial charge is 0.129 e. The van der Waals surface area contributed by atoms with Crippen molar-refractivity contribution in [2.45, 2.75) is 19.6 Å². The quantitative estimate of drug-likeness (QED) is 0.318. The molecule has 0 atom stereocenters. The average molecular weight is 440 g/mol. The van der Waals surface area contributed by atoms with Gasteiger partial charge in [0.25, 0.3) is 0 Å². The fourth-order valence-corrected chi connectivity index (χ4v) is 3.50. The highest BCUT2D eigenvalue weighted by Crippen LogP contribution is 2.29. The van der Waals surface area contributed by atoms with Crippen LogP contribution in [-0.2, 0) is 19.6 Å². The van der Waals surface area contributed by atoms with Crippen LogP contribution in [-0.4, -0.2) is 6.54 Å². The average Bonchev–Trinajstić information content (AvgIpc) is 2.78. The molecule has 0 fully saturated rings. The molecule has 0 amide bonds. The summed E-state index contributed by atoms with van der Waals surface area (Å²) in [5.41, 5.74) is 2.65. The lowest BCUT2D eigenvalue weighted by Gasteiger charge is -2.15. The van der Waals surface area contributed by atoms with Crippen LogP contribution in [0.2, 0.25) is 0 Å². The van der Waals surface area contributed by atoms with Crippen molar-refractivity contribution in [1.82, 2.24) is 5.32 Å². The van der Waals surface area contributed by atoms with Crippen LogP contribution < -0.4 is 10.1 Å². The normalized spacial score (nSPS) is 10.6. The number of rotatable bonds is 8. The third-order valence-electron chi connectivity index (χ3n) is 5.14. The van der Waals surface area contributed by atoms with Gasteiger partial charge in [0.15, 0.2) is 0 Å². The van der Waals surface area contributed by atoms with Crippen LogP contribution in [0.5, 0.6) is 5.75 Å². The maximum absolute atomic E-state index is 14.0. The number of hydrogen-bond acceptors (Lipinski definition) is 2. The summed E-state index contributed by atoms with van der Waals surface area (Å²) >= 11 is 0. The van der Waals surface area contributed by atoms with Crippen molar-refractivity contribution in [1.29, 1.82) is 0 Å². The molecule has 4 aromatic rings. The van der Waals surface area contributed by atoms with Crippen molar-refractivity contribution in [3.05, 3.63) is 113 Å². The molecule has 31 heavy (non-hydrogen) atoms. The molecule has 5 heteroatoms. The van der Waals surface area contributed by atoms with E-state index in [1.165, 1.54) is 18.2 Å². The van der Waals surface area contributed by atoms with E-state index in [1.807, 2.05) is 24.3 Å². The molecule has 0 heterocycles. The zero-order chi connectivity index (χ0) is 20.8. The van der Waals surface area contributed by atoms with Crippen molar-refractivity contribution >= 4 is 23.2 Å². The van der Waals surface area contributed by atoms with E-state index >= 15 is 0 Å². The lowest BCUT2D eigenvalue weighted by atomic mass is 10.0. The summed E-state index contributed by atoms with van der Waals surface area (Å²) in [6.07, 6.45) is 0.802. The molecule has 0 aliphatic rings. The van der Waals surface area contributed by atoms with Gasteiger partial charge >= 0.3 is 0 Å². The Bertz CT molecular complexity index is 1130. The lowest BCUT2D eigenvalue weighted by molar-refractivity contribution is 0.296. The summed E-state index contributed by atoms with van der Waals surface area (Å²) in [5, 5.41) is 5.70. The monoisotopic (exact) mass is 439 g/mol. The van der Waals surface area contributed by atoms with Gasteiger partial charge in [-0.3, -0.25) is 0 Å². The molecule has 0 aliphatic heterocycles. The lowest BCUT2D eigenvalue weighted by Crippen LogP contribution is -2.17. The van der Waals surface area contributed by atoms with Crippen molar-refractivity contribution in [3.8, 4) is 5.75 Å². The first-order valence-electron chi connectivity index (χ1n) is 10.0. The Morgan fingerprint density at radius 1 is 0.774 bits per heavy atom. The third kappa shape index (κ3) is 5.81. The Hall–Kier alpha value is -2.95. The van der Waals surface area contributed by atoms with E-state index < -0.39 is 0 Å². The maximum Gasteiger partial charge on any atom is 0.129 e. The fraction of sp³-hybridized carbons (Fsp3) is 0.154.